The molecule has 0 radical (unpaired) electrons. The molecule has 4 rings (SSSR count). The Balaban J connectivity index is 1.64. The van der Waals surface area contributed by atoms with Gasteiger partial charge in [-0.15, -0.1) is 10.2 Å². The van der Waals surface area contributed by atoms with Crippen LogP contribution in [0.5, 0.6) is 11.5 Å². The number of amides is 1. The van der Waals surface area contributed by atoms with Crippen molar-refractivity contribution in [3.8, 4) is 28.6 Å². The molecule has 1 N–H and O–H groups in total. The lowest BCUT2D eigenvalue weighted by atomic mass is 10.2. The molecule has 3 aromatic carbocycles. The van der Waals surface area contributed by atoms with E-state index < -0.39 is 5.25 Å². The summed E-state index contributed by atoms with van der Waals surface area (Å²) in [6, 6.07) is 23.0. The van der Waals surface area contributed by atoms with Gasteiger partial charge in [0.1, 0.15) is 11.5 Å². The SMILES string of the molecule is COc1ccc(-c2nnc(S[C@H](C)C(=O)Nc3ccc(C)cc3)n2-c2ccc(OC)cc2)cc1. The normalized spacial score (nSPS) is 11.6. The van der Waals surface area contributed by atoms with E-state index in [4.69, 9.17) is 9.47 Å². The number of hydrogen-bond donors (Lipinski definition) is 1. The maximum atomic E-state index is 12.9. The standard InChI is InChI=1S/C26H26N4O3S/c1-17-5-9-20(10-6-17)27-25(31)18(2)34-26-29-28-24(19-7-13-22(32-3)14-8-19)30(26)21-11-15-23(33-4)16-12-21/h5-16,18H,1-4H3,(H,27,31)/t18-/m1/s1. The van der Waals surface area contributed by atoms with E-state index in [0.29, 0.717) is 11.0 Å². The van der Waals surface area contributed by atoms with Gasteiger partial charge in [0.2, 0.25) is 5.91 Å². The molecule has 7 nitrogen and oxygen atoms in total. The number of anilines is 1. The van der Waals surface area contributed by atoms with Crippen LogP contribution >= 0.6 is 11.8 Å². The van der Waals surface area contributed by atoms with Crippen molar-refractivity contribution in [1.29, 1.82) is 0 Å². The molecule has 1 amide bonds. The van der Waals surface area contributed by atoms with E-state index in [0.717, 1.165) is 34.0 Å². The van der Waals surface area contributed by atoms with Crippen LogP contribution in [0.4, 0.5) is 5.69 Å². The van der Waals surface area contributed by atoms with Gasteiger partial charge in [-0.05, 0) is 74.5 Å². The summed E-state index contributed by atoms with van der Waals surface area (Å²) < 4.78 is 12.5. The molecule has 0 saturated carbocycles. The molecule has 0 bridgehead atoms. The highest BCUT2D eigenvalue weighted by atomic mass is 32.2. The molecule has 1 atom stereocenters. The quantitative estimate of drug-likeness (QED) is 0.346. The fourth-order valence-electron chi connectivity index (χ4n) is 3.33. The third kappa shape index (κ3) is 5.23. The molecule has 8 heteroatoms. The molecule has 34 heavy (non-hydrogen) atoms. The van der Waals surface area contributed by atoms with Gasteiger partial charge in [0.05, 0.1) is 19.5 Å². The largest absolute Gasteiger partial charge is 0.497 e. The highest BCUT2D eigenvalue weighted by Crippen LogP contribution is 2.32. The van der Waals surface area contributed by atoms with Crippen LogP contribution in [0.3, 0.4) is 0 Å². The smallest absolute Gasteiger partial charge is 0.237 e. The number of carbonyl (C=O) groups is 1. The number of rotatable bonds is 8. The average Bonchev–Trinajstić information content (AvgIpc) is 3.28. The predicted octanol–water partition coefficient (Wildman–Crippen LogP) is 5.38. The first kappa shape index (κ1) is 23.4. The third-order valence-corrected chi connectivity index (χ3v) is 6.33. The Kier molecular flexibility index (Phi) is 7.18. The van der Waals surface area contributed by atoms with Gasteiger partial charge in [0.15, 0.2) is 11.0 Å². The Morgan fingerprint density at radius 2 is 1.47 bits per heavy atom. The first-order valence-electron chi connectivity index (χ1n) is 10.8. The van der Waals surface area contributed by atoms with Gasteiger partial charge in [-0.1, -0.05) is 29.5 Å². The van der Waals surface area contributed by atoms with Gasteiger partial charge < -0.3 is 14.8 Å². The molecule has 4 aromatic rings. The first-order chi connectivity index (χ1) is 16.5. The second-order valence-corrected chi connectivity index (χ2v) is 8.99. The number of ether oxygens (including phenoxy) is 2. The highest BCUT2D eigenvalue weighted by Gasteiger charge is 2.22. The van der Waals surface area contributed by atoms with Gasteiger partial charge in [0, 0.05) is 16.9 Å². The number of aromatic nitrogens is 3. The maximum Gasteiger partial charge on any atom is 0.237 e. The minimum Gasteiger partial charge on any atom is -0.497 e. The molecule has 0 aliphatic carbocycles. The summed E-state index contributed by atoms with van der Waals surface area (Å²) in [5, 5.41) is 12.1. The zero-order valence-electron chi connectivity index (χ0n) is 19.5. The van der Waals surface area contributed by atoms with Crippen LogP contribution in [-0.2, 0) is 4.79 Å². The zero-order valence-corrected chi connectivity index (χ0v) is 20.3. The lowest BCUT2D eigenvalue weighted by Gasteiger charge is -2.14. The van der Waals surface area contributed by atoms with E-state index in [1.807, 2.05) is 91.2 Å². The summed E-state index contributed by atoms with van der Waals surface area (Å²) in [5.74, 6) is 2.07. The van der Waals surface area contributed by atoms with Crippen molar-refractivity contribution in [2.24, 2.45) is 0 Å². The van der Waals surface area contributed by atoms with Gasteiger partial charge in [0.25, 0.3) is 0 Å². The van der Waals surface area contributed by atoms with Crippen molar-refractivity contribution in [1.82, 2.24) is 14.8 Å². The second kappa shape index (κ2) is 10.4. The first-order valence-corrected chi connectivity index (χ1v) is 11.6. The van der Waals surface area contributed by atoms with E-state index in [1.54, 1.807) is 14.2 Å². The second-order valence-electron chi connectivity index (χ2n) is 7.68. The Bertz CT molecular complexity index is 1250. The van der Waals surface area contributed by atoms with E-state index in [1.165, 1.54) is 11.8 Å². The van der Waals surface area contributed by atoms with Crippen molar-refractivity contribution in [2.45, 2.75) is 24.3 Å². The van der Waals surface area contributed by atoms with Gasteiger partial charge in [-0.3, -0.25) is 9.36 Å². The fourth-order valence-corrected chi connectivity index (χ4v) is 4.20. The van der Waals surface area contributed by atoms with Crippen molar-refractivity contribution < 1.29 is 14.3 Å². The van der Waals surface area contributed by atoms with Crippen LogP contribution in [0.1, 0.15) is 12.5 Å². The van der Waals surface area contributed by atoms with Crippen molar-refractivity contribution >= 4 is 23.4 Å². The lowest BCUT2D eigenvalue weighted by molar-refractivity contribution is -0.115. The Morgan fingerprint density at radius 3 is 2.06 bits per heavy atom. The predicted molar refractivity (Wildman–Crippen MR) is 135 cm³/mol. The van der Waals surface area contributed by atoms with E-state index in [-0.39, 0.29) is 5.91 Å². The van der Waals surface area contributed by atoms with Crippen molar-refractivity contribution in [3.05, 3.63) is 78.4 Å². The molecule has 0 fully saturated rings. The molecule has 0 aliphatic heterocycles. The number of benzene rings is 3. The monoisotopic (exact) mass is 474 g/mol. The van der Waals surface area contributed by atoms with Crippen molar-refractivity contribution in [2.75, 3.05) is 19.5 Å². The van der Waals surface area contributed by atoms with Crippen molar-refractivity contribution in [3.63, 3.8) is 0 Å². The number of methoxy groups -OCH3 is 2. The molecule has 0 aliphatic rings. The van der Waals surface area contributed by atoms with E-state index >= 15 is 0 Å². The number of aryl methyl sites for hydroxylation is 1. The molecular weight excluding hydrogens is 448 g/mol. The number of nitrogens with zero attached hydrogens (tertiary/aromatic N) is 3. The summed E-state index contributed by atoms with van der Waals surface area (Å²) in [6.07, 6.45) is 0. The van der Waals surface area contributed by atoms with Gasteiger partial charge in [-0.2, -0.15) is 0 Å². The van der Waals surface area contributed by atoms with E-state index in [2.05, 4.69) is 15.5 Å². The number of thioether (sulfide) groups is 1. The van der Waals surface area contributed by atoms with Crippen LogP contribution < -0.4 is 14.8 Å². The number of carbonyl (C=O) groups excluding carboxylic acids is 1. The summed E-state index contributed by atoms with van der Waals surface area (Å²) in [6.45, 7) is 3.87. The summed E-state index contributed by atoms with van der Waals surface area (Å²) >= 11 is 1.35. The van der Waals surface area contributed by atoms with Crippen LogP contribution in [0, 0.1) is 6.92 Å². The van der Waals surface area contributed by atoms with Crippen LogP contribution in [0.2, 0.25) is 0 Å². The minimum atomic E-state index is -0.397. The molecule has 0 unspecified atom stereocenters. The fraction of sp³-hybridized carbons (Fsp3) is 0.192. The van der Waals surface area contributed by atoms with Crippen LogP contribution in [0.15, 0.2) is 78.0 Å². The molecule has 0 saturated heterocycles. The molecule has 0 spiro atoms. The average molecular weight is 475 g/mol. The Morgan fingerprint density at radius 1 is 0.882 bits per heavy atom. The number of nitrogens with one attached hydrogen (secondary N) is 1. The van der Waals surface area contributed by atoms with Crippen LogP contribution in [0.25, 0.3) is 17.1 Å². The summed E-state index contributed by atoms with van der Waals surface area (Å²) in [7, 11) is 3.26. The van der Waals surface area contributed by atoms with E-state index in [9.17, 15) is 4.79 Å². The molecule has 1 heterocycles. The summed E-state index contributed by atoms with van der Waals surface area (Å²) in [4.78, 5) is 12.9. The zero-order chi connectivity index (χ0) is 24.1. The Hall–Kier alpha value is -3.78. The Labute approximate surface area is 203 Å². The van der Waals surface area contributed by atoms with Gasteiger partial charge in [-0.25, -0.2) is 0 Å². The molecule has 174 valence electrons. The molecular formula is C26H26N4O3S. The van der Waals surface area contributed by atoms with Gasteiger partial charge >= 0.3 is 0 Å². The van der Waals surface area contributed by atoms with Crippen LogP contribution in [-0.4, -0.2) is 40.1 Å². The maximum absolute atomic E-state index is 12.9. The summed E-state index contributed by atoms with van der Waals surface area (Å²) in [5.41, 5.74) is 3.65. The lowest BCUT2D eigenvalue weighted by Crippen LogP contribution is -2.22. The number of hydrogen-bond acceptors (Lipinski definition) is 6. The third-order valence-electron chi connectivity index (χ3n) is 5.28. The topological polar surface area (TPSA) is 78.3 Å². The highest BCUT2D eigenvalue weighted by molar-refractivity contribution is 8.00. The molecule has 1 aromatic heterocycles. The minimum absolute atomic E-state index is 0.107.